The second-order valence-electron chi connectivity index (χ2n) is 5.16. The first kappa shape index (κ1) is 22.9. The van der Waals surface area contributed by atoms with Crippen LogP contribution in [-0.4, -0.2) is 30.7 Å². The monoisotopic (exact) mass is 483 g/mol. The molecule has 0 radical (unpaired) electrons. The van der Waals surface area contributed by atoms with Crippen LogP contribution in [0.15, 0.2) is 34.0 Å². The highest BCUT2D eigenvalue weighted by molar-refractivity contribution is 7.92. The summed E-state index contributed by atoms with van der Waals surface area (Å²) >= 11 is 11.4. The largest absolute Gasteiger partial charge is 0.501 e. The lowest BCUT2D eigenvalue weighted by atomic mass is 10.2. The second kappa shape index (κ2) is 6.83. The Balaban J connectivity index is 2.86. The zero-order valence-corrected chi connectivity index (χ0v) is 15.4. The van der Waals surface area contributed by atoms with E-state index < -0.39 is 63.2 Å². The molecule has 29 heavy (non-hydrogen) atoms. The molecule has 1 aliphatic rings. The molecule has 1 atom stereocenters. The van der Waals surface area contributed by atoms with Crippen molar-refractivity contribution in [2.24, 2.45) is 5.10 Å². The lowest BCUT2D eigenvalue weighted by molar-refractivity contribution is -0.440. The zero-order chi connectivity index (χ0) is 22.6. The molecule has 1 aromatic carbocycles. The molecule has 1 aromatic rings. The summed E-state index contributed by atoms with van der Waals surface area (Å²) in [5, 5.41) is 21.3. The Morgan fingerprint density at radius 2 is 1.62 bits per heavy atom. The number of benzene rings is 1. The number of rotatable bonds is 3. The van der Waals surface area contributed by atoms with Gasteiger partial charge in [0.05, 0.1) is 4.90 Å². The quantitative estimate of drug-likeness (QED) is 0.211. The van der Waals surface area contributed by atoms with E-state index in [-0.39, 0.29) is 18.2 Å². The first-order valence-corrected chi connectivity index (χ1v) is 8.88. The molecule has 156 valence electrons. The minimum Gasteiger partial charge on any atom is -0.254 e. The number of hydrogen-bond donors (Lipinski definition) is 0. The molecule has 0 bridgehead atoms. The number of nitrogens with zero attached hydrogens (tertiary/aromatic N) is 4. The van der Waals surface area contributed by atoms with Gasteiger partial charge < -0.3 is 0 Å². The molecular formula is C12H3Cl2F6N4O4S+. The van der Waals surface area contributed by atoms with Crippen molar-refractivity contribution in [3.05, 3.63) is 44.2 Å². The van der Waals surface area contributed by atoms with Gasteiger partial charge in [-0.25, -0.2) is 8.42 Å². The van der Waals surface area contributed by atoms with Crippen molar-refractivity contribution in [2.45, 2.75) is 16.6 Å². The van der Waals surface area contributed by atoms with E-state index in [1.165, 1.54) is 0 Å². The standard InChI is InChI=1S/C12H3Cl2F6N4O4S/c13-6-1-5(29(27,28)12(18,19)20)2-7(14)10(6)24(4-21)9(23(25)26)3-8(22-24)11(15,16)17/h1-3H/q+1. The normalized spacial score (nSPS) is 20.1. The third-order valence-corrected chi connectivity index (χ3v) is 5.45. The molecule has 1 aliphatic heterocycles. The number of nitriles is 1. The molecule has 0 aromatic heterocycles. The average molecular weight is 484 g/mol. The van der Waals surface area contributed by atoms with Gasteiger partial charge in [-0.2, -0.15) is 26.3 Å². The Kier molecular flexibility index (Phi) is 5.39. The van der Waals surface area contributed by atoms with E-state index in [4.69, 9.17) is 23.2 Å². The lowest BCUT2D eigenvalue weighted by Crippen LogP contribution is -2.39. The van der Waals surface area contributed by atoms with Gasteiger partial charge in [0.2, 0.25) is 11.4 Å². The highest BCUT2D eigenvalue weighted by atomic mass is 35.5. The summed E-state index contributed by atoms with van der Waals surface area (Å²) in [7, 11) is -5.98. The van der Waals surface area contributed by atoms with Crippen LogP contribution in [0.25, 0.3) is 0 Å². The van der Waals surface area contributed by atoms with Crippen molar-refractivity contribution in [1.82, 2.24) is 4.59 Å². The van der Waals surface area contributed by atoms with Crippen molar-refractivity contribution in [3.8, 4) is 6.19 Å². The number of halogens is 8. The van der Waals surface area contributed by atoms with Crippen molar-refractivity contribution in [2.75, 3.05) is 0 Å². The van der Waals surface area contributed by atoms with Gasteiger partial charge in [-0.15, -0.1) is 5.26 Å². The number of hydrogen-bond acceptors (Lipinski definition) is 6. The Bertz CT molecular complexity index is 1100. The maximum atomic E-state index is 13.0. The topological polar surface area (TPSA) is 113 Å². The van der Waals surface area contributed by atoms with Crippen molar-refractivity contribution in [3.63, 3.8) is 0 Å². The number of sulfone groups is 1. The SMILES string of the molecule is N#C[N+]1(c2c(Cl)cc(S(=O)(=O)C(F)(F)F)cc2Cl)N=C(C(F)(F)F)C=C1[N+](=O)[O-]. The molecular weight excluding hydrogens is 481 g/mol. The molecule has 0 spiro atoms. The van der Waals surface area contributed by atoms with Crippen LogP contribution in [0.4, 0.5) is 32.0 Å². The Hall–Kier alpha value is -2.41. The molecule has 8 nitrogen and oxygen atoms in total. The molecule has 17 heteroatoms. The zero-order valence-electron chi connectivity index (χ0n) is 13.1. The van der Waals surface area contributed by atoms with Gasteiger partial charge in [-0.1, -0.05) is 23.2 Å². The third kappa shape index (κ3) is 3.64. The van der Waals surface area contributed by atoms with E-state index in [0.29, 0.717) is 0 Å². The molecule has 0 N–H and O–H groups in total. The Morgan fingerprint density at radius 1 is 1.14 bits per heavy atom. The van der Waals surface area contributed by atoms with Gasteiger partial charge in [-0.3, -0.25) is 10.1 Å². The maximum Gasteiger partial charge on any atom is 0.501 e. The summed E-state index contributed by atoms with van der Waals surface area (Å²) in [6.45, 7) is 0. The fraction of sp³-hybridized carbons (Fsp3) is 0.167. The predicted molar refractivity (Wildman–Crippen MR) is 85.7 cm³/mol. The van der Waals surface area contributed by atoms with Crippen LogP contribution in [0.2, 0.25) is 10.0 Å². The fourth-order valence-electron chi connectivity index (χ4n) is 2.20. The molecule has 0 aliphatic carbocycles. The molecule has 0 fully saturated rings. The Labute approximate surface area is 166 Å². The summed E-state index contributed by atoms with van der Waals surface area (Å²) in [6, 6.07) is 0.281. The smallest absolute Gasteiger partial charge is 0.254 e. The van der Waals surface area contributed by atoms with Crippen LogP contribution >= 0.6 is 23.2 Å². The predicted octanol–water partition coefficient (Wildman–Crippen LogP) is 4.13. The van der Waals surface area contributed by atoms with Crippen molar-refractivity contribution >= 4 is 44.4 Å². The molecule has 1 unspecified atom stereocenters. The van der Waals surface area contributed by atoms with Gasteiger partial charge in [0.25, 0.3) is 9.84 Å². The number of alkyl halides is 6. The van der Waals surface area contributed by atoms with Gasteiger partial charge in [0, 0.05) is 4.59 Å². The number of nitro groups is 1. The molecule has 2 rings (SSSR count). The molecule has 0 saturated heterocycles. The van der Waals surface area contributed by atoms with Gasteiger partial charge in [0.1, 0.15) is 21.0 Å². The van der Waals surface area contributed by atoms with Crippen LogP contribution < -0.4 is 4.59 Å². The summed E-state index contributed by atoms with van der Waals surface area (Å²) in [4.78, 5) is 8.30. The van der Waals surface area contributed by atoms with Crippen LogP contribution in [-0.2, 0) is 9.84 Å². The highest BCUT2D eigenvalue weighted by Crippen LogP contribution is 2.46. The number of allylic oxidation sites excluding steroid dienone is 1. The summed E-state index contributed by atoms with van der Waals surface area (Å²) < 4.78 is 97.7. The molecule has 0 saturated carbocycles. The maximum absolute atomic E-state index is 13.0. The van der Waals surface area contributed by atoms with Crippen LogP contribution in [0.1, 0.15) is 0 Å². The van der Waals surface area contributed by atoms with Gasteiger partial charge in [0.15, 0.2) is 0 Å². The van der Waals surface area contributed by atoms with Crippen LogP contribution in [0.3, 0.4) is 0 Å². The summed E-state index contributed by atoms with van der Waals surface area (Å²) in [6.07, 6.45) is -4.23. The highest BCUT2D eigenvalue weighted by Gasteiger charge is 2.59. The van der Waals surface area contributed by atoms with Crippen LogP contribution in [0.5, 0.6) is 0 Å². The second-order valence-corrected chi connectivity index (χ2v) is 7.92. The first-order chi connectivity index (χ1) is 13.0. The van der Waals surface area contributed by atoms with Crippen molar-refractivity contribution in [1.29, 1.82) is 5.26 Å². The van der Waals surface area contributed by atoms with E-state index in [1.807, 2.05) is 0 Å². The third-order valence-electron chi connectivity index (χ3n) is 3.41. The van der Waals surface area contributed by atoms with Crippen LogP contribution in [0, 0.1) is 21.6 Å². The first-order valence-electron chi connectivity index (χ1n) is 6.64. The fourth-order valence-corrected chi connectivity index (χ4v) is 3.87. The average Bonchev–Trinajstić information content (AvgIpc) is 2.94. The molecule has 0 amide bonds. The van der Waals surface area contributed by atoms with Gasteiger partial charge >= 0.3 is 23.7 Å². The molecule has 1 heterocycles. The van der Waals surface area contributed by atoms with E-state index >= 15 is 0 Å². The number of quaternary nitrogens is 1. The lowest BCUT2D eigenvalue weighted by Gasteiger charge is -2.18. The minimum absolute atomic E-state index is 0.0871. The summed E-state index contributed by atoms with van der Waals surface area (Å²) in [5.74, 6) is -1.49. The van der Waals surface area contributed by atoms with Gasteiger partial charge in [-0.05, 0) is 17.2 Å². The minimum atomic E-state index is -5.98. The van der Waals surface area contributed by atoms with E-state index in [0.717, 1.165) is 6.19 Å². The van der Waals surface area contributed by atoms with E-state index in [1.54, 1.807) is 0 Å². The van der Waals surface area contributed by atoms with Crippen molar-refractivity contribution < 1.29 is 39.7 Å². The van der Waals surface area contributed by atoms with E-state index in [2.05, 4.69) is 5.10 Å². The Morgan fingerprint density at radius 3 is 1.97 bits per heavy atom. The van der Waals surface area contributed by atoms with E-state index in [9.17, 15) is 50.1 Å². The summed E-state index contributed by atoms with van der Waals surface area (Å²) in [5.41, 5.74) is -8.69.